The van der Waals surface area contributed by atoms with Crippen molar-refractivity contribution in [1.82, 2.24) is 19.6 Å². The SMILES string of the molecule is COc1cccc(N2CCC(CNc3ccnc4ncnn34)C2)c1. The average molecular weight is 324 g/mol. The van der Waals surface area contributed by atoms with Gasteiger partial charge >= 0.3 is 0 Å². The first-order chi connectivity index (χ1) is 11.8. The summed E-state index contributed by atoms with van der Waals surface area (Å²) in [6.45, 7) is 3.00. The minimum absolute atomic E-state index is 0.586. The molecule has 0 spiro atoms. The Kier molecular flexibility index (Phi) is 3.90. The van der Waals surface area contributed by atoms with E-state index in [0.29, 0.717) is 11.7 Å². The third kappa shape index (κ3) is 2.84. The zero-order valence-electron chi connectivity index (χ0n) is 13.6. The summed E-state index contributed by atoms with van der Waals surface area (Å²) in [5.74, 6) is 3.03. The molecule has 24 heavy (non-hydrogen) atoms. The van der Waals surface area contributed by atoms with Gasteiger partial charge in [0, 0.05) is 37.6 Å². The van der Waals surface area contributed by atoms with E-state index in [0.717, 1.165) is 37.6 Å². The summed E-state index contributed by atoms with van der Waals surface area (Å²) in [5, 5.41) is 7.68. The molecule has 1 aliphatic heterocycles. The first-order valence-corrected chi connectivity index (χ1v) is 8.11. The molecule has 0 aliphatic carbocycles. The molecule has 124 valence electrons. The van der Waals surface area contributed by atoms with Gasteiger partial charge in [-0.25, -0.2) is 4.98 Å². The third-order valence-corrected chi connectivity index (χ3v) is 4.46. The number of nitrogens with zero attached hydrogens (tertiary/aromatic N) is 5. The summed E-state index contributed by atoms with van der Waals surface area (Å²) in [6.07, 6.45) is 4.44. The van der Waals surface area contributed by atoms with Crippen LogP contribution in [-0.4, -0.2) is 46.3 Å². The Morgan fingerprint density at radius 1 is 1.29 bits per heavy atom. The standard InChI is InChI=1S/C17H20N6O/c1-24-15-4-2-3-14(9-15)22-8-6-13(11-22)10-19-16-5-7-18-17-20-12-21-23(16)17/h2-5,7,9,12-13,19H,6,8,10-11H2,1H3. The van der Waals surface area contributed by atoms with Crippen molar-refractivity contribution in [3.8, 4) is 5.75 Å². The highest BCUT2D eigenvalue weighted by Gasteiger charge is 2.23. The third-order valence-electron chi connectivity index (χ3n) is 4.46. The van der Waals surface area contributed by atoms with Crippen molar-refractivity contribution < 1.29 is 4.74 Å². The van der Waals surface area contributed by atoms with Crippen LogP contribution >= 0.6 is 0 Å². The fourth-order valence-electron chi connectivity index (χ4n) is 3.16. The van der Waals surface area contributed by atoms with Crippen molar-refractivity contribution in [2.75, 3.05) is 37.0 Å². The highest BCUT2D eigenvalue weighted by molar-refractivity contribution is 5.51. The van der Waals surface area contributed by atoms with E-state index < -0.39 is 0 Å². The van der Waals surface area contributed by atoms with Gasteiger partial charge in [0.1, 0.15) is 17.9 Å². The average Bonchev–Trinajstić information content (AvgIpc) is 3.29. The van der Waals surface area contributed by atoms with Crippen molar-refractivity contribution in [2.45, 2.75) is 6.42 Å². The lowest BCUT2D eigenvalue weighted by Gasteiger charge is -2.19. The summed E-state index contributed by atoms with van der Waals surface area (Å²) in [5.41, 5.74) is 1.22. The molecule has 1 atom stereocenters. The molecule has 1 unspecified atom stereocenters. The van der Waals surface area contributed by atoms with Gasteiger partial charge in [-0.1, -0.05) is 6.07 Å². The van der Waals surface area contributed by atoms with E-state index in [1.807, 2.05) is 18.2 Å². The quantitative estimate of drug-likeness (QED) is 0.775. The molecule has 1 aliphatic rings. The van der Waals surface area contributed by atoms with Crippen LogP contribution in [0.5, 0.6) is 5.75 Å². The van der Waals surface area contributed by atoms with E-state index in [9.17, 15) is 0 Å². The highest BCUT2D eigenvalue weighted by Crippen LogP contribution is 2.27. The fourth-order valence-corrected chi connectivity index (χ4v) is 3.16. The van der Waals surface area contributed by atoms with Crippen molar-refractivity contribution in [3.63, 3.8) is 0 Å². The number of hydrogen-bond donors (Lipinski definition) is 1. The summed E-state index contributed by atoms with van der Waals surface area (Å²) < 4.78 is 7.05. The minimum atomic E-state index is 0.586. The monoisotopic (exact) mass is 324 g/mol. The van der Waals surface area contributed by atoms with Crippen molar-refractivity contribution >= 4 is 17.3 Å². The molecule has 0 amide bonds. The molecule has 0 bridgehead atoms. The van der Waals surface area contributed by atoms with Crippen LogP contribution in [0.1, 0.15) is 6.42 Å². The van der Waals surface area contributed by atoms with Crippen LogP contribution in [0.15, 0.2) is 42.9 Å². The molecule has 7 nitrogen and oxygen atoms in total. The van der Waals surface area contributed by atoms with E-state index >= 15 is 0 Å². The highest BCUT2D eigenvalue weighted by atomic mass is 16.5. The molecule has 4 rings (SSSR count). The Hall–Kier alpha value is -2.83. The van der Waals surface area contributed by atoms with E-state index in [1.54, 1.807) is 17.8 Å². The maximum Gasteiger partial charge on any atom is 0.254 e. The van der Waals surface area contributed by atoms with Gasteiger partial charge in [-0.15, -0.1) is 0 Å². The number of anilines is 2. The molecule has 0 saturated carbocycles. The Bertz CT molecular complexity index is 833. The van der Waals surface area contributed by atoms with E-state index in [4.69, 9.17) is 4.74 Å². The van der Waals surface area contributed by atoms with Gasteiger partial charge in [-0.05, 0) is 30.5 Å². The molecule has 7 heteroatoms. The van der Waals surface area contributed by atoms with Gasteiger partial charge in [0.25, 0.3) is 5.78 Å². The topological polar surface area (TPSA) is 67.6 Å². The van der Waals surface area contributed by atoms with E-state index in [2.05, 4.69) is 37.4 Å². The van der Waals surface area contributed by atoms with Crippen LogP contribution in [0, 0.1) is 5.92 Å². The van der Waals surface area contributed by atoms with Gasteiger partial charge < -0.3 is 15.0 Å². The zero-order valence-corrected chi connectivity index (χ0v) is 13.6. The molecule has 1 aromatic carbocycles. The van der Waals surface area contributed by atoms with Crippen LogP contribution in [-0.2, 0) is 0 Å². The first kappa shape index (κ1) is 14.7. The van der Waals surface area contributed by atoms with Crippen molar-refractivity contribution in [1.29, 1.82) is 0 Å². The molecule has 0 radical (unpaired) electrons. The zero-order chi connectivity index (χ0) is 16.4. The van der Waals surface area contributed by atoms with Gasteiger partial charge in [-0.3, -0.25) is 0 Å². The molecule has 1 fully saturated rings. The summed E-state index contributed by atoms with van der Waals surface area (Å²) >= 11 is 0. The molecule has 1 saturated heterocycles. The Morgan fingerprint density at radius 3 is 3.17 bits per heavy atom. The number of ether oxygens (including phenoxy) is 1. The summed E-state index contributed by atoms with van der Waals surface area (Å²) in [4.78, 5) is 10.7. The molecule has 1 N–H and O–H groups in total. The second-order valence-electron chi connectivity index (χ2n) is 5.99. The van der Waals surface area contributed by atoms with Gasteiger partial charge in [0.15, 0.2) is 0 Å². The Morgan fingerprint density at radius 2 is 2.25 bits per heavy atom. The minimum Gasteiger partial charge on any atom is -0.497 e. The van der Waals surface area contributed by atoms with Crippen LogP contribution < -0.4 is 15.0 Å². The van der Waals surface area contributed by atoms with Crippen LogP contribution in [0.4, 0.5) is 11.5 Å². The Balaban J connectivity index is 1.39. The van der Waals surface area contributed by atoms with E-state index in [-0.39, 0.29) is 0 Å². The van der Waals surface area contributed by atoms with Crippen LogP contribution in [0.2, 0.25) is 0 Å². The maximum absolute atomic E-state index is 5.32. The molecular weight excluding hydrogens is 304 g/mol. The molecule has 3 aromatic rings. The second kappa shape index (κ2) is 6.35. The van der Waals surface area contributed by atoms with Crippen LogP contribution in [0.25, 0.3) is 5.78 Å². The molecular formula is C17H20N6O. The lowest BCUT2D eigenvalue weighted by molar-refractivity contribution is 0.415. The molecule has 3 heterocycles. The normalized spacial score (nSPS) is 17.4. The largest absolute Gasteiger partial charge is 0.497 e. The number of hydrogen-bond acceptors (Lipinski definition) is 6. The predicted octanol–water partition coefficient (Wildman–Crippen LogP) is 2.07. The van der Waals surface area contributed by atoms with Crippen molar-refractivity contribution in [3.05, 3.63) is 42.9 Å². The number of aromatic nitrogens is 4. The van der Waals surface area contributed by atoms with Gasteiger partial charge in [-0.2, -0.15) is 14.6 Å². The fraction of sp³-hybridized carbons (Fsp3) is 0.353. The smallest absolute Gasteiger partial charge is 0.254 e. The maximum atomic E-state index is 5.32. The van der Waals surface area contributed by atoms with E-state index in [1.165, 1.54) is 12.0 Å². The lowest BCUT2D eigenvalue weighted by Crippen LogP contribution is -2.23. The summed E-state index contributed by atoms with van der Waals surface area (Å²) in [7, 11) is 1.70. The lowest BCUT2D eigenvalue weighted by atomic mass is 10.1. The number of methoxy groups -OCH3 is 1. The van der Waals surface area contributed by atoms with Crippen molar-refractivity contribution in [2.24, 2.45) is 5.92 Å². The molecule has 2 aromatic heterocycles. The predicted molar refractivity (Wildman–Crippen MR) is 92.6 cm³/mol. The number of nitrogens with one attached hydrogen (secondary N) is 1. The number of rotatable bonds is 5. The first-order valence-electron chi connectivity index (χ1n) is 8.11. The van der Waals surface area contributed by atoms with Gasteiger partial charge in [0.2, 0.25) is 0 Å². The second-order valence-corrected chi connectivity index (χ2v) is 5.99. The van der Waals surface area contributed by atoms with Gasteiger partial charge in [0.05, 0.1) is 7.11 Å². The summed E-state index contributed by atoms with van der Waals surface area (Å²) in [6, 6.07) is 10.2. The Labute approximate surface area is 140 Å². The van der Waals surface area contributed by atoms with Crippen LogP contribution in [0.3, 0.4) is 0 Å². The number of benzene rings is 1. The number of fused-ring (bicyclic) bond motifs is 1.